The summed E-state index contributed by atoms with van der Waals surface area (Å²) in [6.07, 6.45) is 15.3. The molecule has 3 rings (SSSR count). The van der Waals surface area contributed by atoms with Crippen molar-refractivity contribution in [1.82, 2.24) is 10.7 Å². The number of hydrazine groups is 1. The molecule has 1 atom stereocenters. The van der Waals surface area contributed by atoms with Crippen LogP contribution in [0.25, 0.3) is 0 Å². The van der Waals surface area contributed by atoms with Crippen molar-refractivity contribution < 1.29 is 0 Å². The van der Waals surface area contributed by atoms with Crippen LogP contribution < -0.4 is 15.8 Å². The van der Waals surface area contributed by atoms with Crippen molar-refractivity contribution in [3.05, 3.63) is 29.3 Å². The molecule has 1 aliphatic carbocycles. The molecule has 1 saturated heterocycles. The molecular weight excluding hydrogens is 350 g/mol. The lowest BCUT2D eigenvalue weighted by atomic mass is 9.91. The minimum atomic E-state index is 0.242. The van der Waals surface area contributed by atoms with E-state index in [1.165, 1.54) is 70.6 Å². The van der Waals surface area contributed by atoms with Crippen LogP contribution in [0, 0.1) is 5.92 Å². The van der Waals surface area contributed by atoms with Crippen LogP contribution in [0.3, 0.4) is 0 Å². The summed E-state index contributed by atoms with van der Waals surface area (Å²) in [5.41, 5.74) is 4.64. The molecular formula is C20H30ClN3S. The number of hydrogen-bond acceptors (Lipinski definition) is 2. The molecule has 2 fully saturated rings. The summed E-state index contributed by atoms with van der Waals surface area (Å²) in [5, 5.41) is 7.02. The second-order valence-corrected chi connectivity index (χ2v) is 8.21. The first-order valence-electron chi connectivity index (χ1n) is 9.86. The van der Waals surface area contributed by atoms with Gasteiger partial charge in [0, 0.05) is 5.02 Å². The highest BCUT2D eigenvalue weighted by molar-refractivity contribution is 7.80. The van der Waals surface area contributed by atoms with Crippen molar-refractivity contribution in [2.24, 2.45) is 5.92 Å². The number of thiocarbonyl (C=S) groups is 1. The van der Waals surface area contributed by atoms with Crippen molar-refractivity contribution in [3.63, 3.8) is 0 Å². The lowest BCUT2D eigenvalue weighted by molar-refractivity contribution is 0.301. The highest BCUT2D eigenvalue weighted by Crippen LogP contribution is 2.26. The normalized spacial score (nSPS) is 24.4. The van der Waals surface area contributed by atoms with Gasteiger partial charge in [0.15, 0.2) is 5.11 Å². The summed E-state index contributed by atoms with van der Waals surface area (Å²) >= 11 is 11.6. The molecule has 1 aromatic rings. The van der Waals surface area contributed by atoms with E-state index in [4.69, 9.17) is 23.8 Å². The molecule has 1 aliphatic heterocycles. The lowest BCUT2D eigenvalue weighted by Crippen LogP contribution is -2.42. The molecule has 3 nitrogen and oxygen atoms in total. The van der Waals surface area contributed by atoms with E-state index in [1.807, 2.05) is 29.3 Å². The average molecular weight is 380 g/mol. The van der Waals surface area contributed by atoms with Crippen molar-refractivity contribution in [1.29, 1.82) is 0 Å². The predicted molar refractivity (Wildman–Crippen MR) is 111 cm³/mol. The van der Waals surface area contributed by atoms with Gasteiger partial charge in [-0.05, 0) is 55.2 Å². The molecule has 0 bridgehead atoms. The van der Waals surface area contributed by atoms with Crippen molar-refractivity contribution in [2.45, 2.75) is 76.8 Å². The number of nitrogens with zero attached hydrogens (tertiary/aromatic N) is 1. The maximum absolute atomic E-state index is 6.01. The van der Waals surface area contributed by atoms with Crippen molar-refractivity contribution in [3.8, 4) is 0 Å². The zero-order valence-electron chi connectivity index (χ0n) is 15.0. The molecule has 1 aromatic carbocycles. The largest absolute Gasteiger partial charge is 0.344 e. The fourth-order valence-corrected chi connectivity index (χ4v) is 4.37. The zero-order chi connectivity index (χ0) is 17.5. The summed E-state index contributed by atoms with van der Waals surface area (Å²) < 4.78 is 0. The van der Waals surface area contributed by atoms with Crippen molar-refractivity contribution in [2.75, 3.05) is 5.01 Å². The quantitative estimate of drug-likeness (QED) is 0.636. The number of benzene rings is 1. The second kappa shape index (κ2) is 9.75. The van der Waals surface area contributed by atoms with Crippen molar-refractivity contribution >= 4 is 34.6 Å². The number of rotatable bonds is 2. The predicted octanol–water partition coefficient (Wildman–Crippen LogP) is 5.79. The molecule has 1 unspecified atom stereocenters. The van der Waals surface area contributed by atoms with E-state index >= 15 is 0 Å². The van der Waals surface area contributed by atoms with Crippen LogP contribution in [0.1, 0.15) is 70.6 Å². The third-order valence-electron chi connectivity index (χ3n) is 5.46. The van der Waals surface area contributed by atoms with Gasteiger partial charge in [0.2, 0.25) is 0 Å². The molecule has 2 N–H and O–H groups in total. The van der Waals surface area contributed by atoms with E-state index in [1.54, 1.807) is 0 Å². The third-order valence-corrected chi connectivity index (χ3v) is 6.01. The monoisotopic (exact) mass is 379 g/mol. The average Bonchev–Trinajstić information content (AvgIpc) is 2.98. The standard InChI is InChI=1S/C20H30ClN3S/c21-17-12-14-18(15-13-17)24-20(25)22-19(23-24)16-10-8-6-4-2-1-3-5-7-9-11-16/h12-16,19,23H,1-11H2,(H,22,25). The zero-order valence-corrected chi connectivity index (χ0v) is 16.5. The molecule has 0 spiro atoms. The highest BCUT2D eigenvalue weighted by atomic mass is 35.5. The van der Waals surface area contributed by atoms with Gasteiger partial charge in [-0.15, -0.1) is 0 Å². The molecule has 25 heavy (non-hydrogen) atoms. The fourth-order valence-electron chi connectivity index (χ4n) is 3.96. The molecule has 5 heteroatoms. The Morgan fingerprint density at radius 3 is 1.92 bits per heavy atom. The Bertz CT molecular complexity index is 536. The van der Waals surface area contributed by atoms with Gasteiger partial charge in [0.05, 0.1) is 11.9 Å². The Morgan fingerprint density at radius 2 is 1.36 bits per heavy atom. The topological polar surface area (TPSA) is 27.3 Å². The first-order chi connectivity index (χ1) is 12.2. The maximum Gasteiger partial charge on any atom is 0.189 e. The minimum Gasteiger partial charge on any atom is -0.344 e. The molecule has 0 radical (unpaired) electrons. The molecule has 2 aliphatic rings. The summed E-state index contributed by atoms with van der Waals surface area (Å²) in [5.74, 6) is 0.634. The van der Waals surface area contributed by atoms with Gasteiger partial charge in [0.1, 0.15) is 0 Å². The summed E-state index contributed by atoms with van der Waals surface area (Å²) in [7, 11) is 0. The van der Waals surface area contributed by atoms with E-state index in [9.17, 15) is 0 Å². The van der Waals surface area contributed by atoms with Crippen LogP contribution in [0.5, 0.6) is 0 Å². The van der Waals surface area contributed by atoms with Gasteiger partial charge in [-0.25, -0.2) is 5.43 Å². The Hall–Kier alpha value is -0.840. The van der Waals surface area contributed by atoms with Gasteiger partial charge < -0.3 is 5.32 Å². The lowest BCUT2D eigenvalue weighted by Gasteiger charge is -2.25. The van der Waals surface area contributed by atoms with Gasteiger partial charge in [-0.3, -0.25) is 5.01 Å². The van der Waals surface area contributed by atoms with Gasteiger partial charge in [-0.1, -0.05) is 69.4 Å². The Kier molecular flexibility index (Phi) is 7.38. The first kappa shape index (κ1) is 18.9. The summed E-state index contributed by atoms with van der Waals surface area (Å²) in [4.78, 5) is 0. The van der Waals surface area contributed by atoms with Crippen LogP contribution in [0.4, 0.5) is 5.69 Å². The number of hydrogen-bond donors (Lipinski definition) is 2. The molecule has 0 amide bonds. The molecule has 1 saturated carbocycles. The molecule has 138 valence electrons. The van der Waals surface area contributed by atoms with Crippen LogP contribution >= 0.6 is 23.8 Å². The van der Waals surface area contributed by atoms with E-state index in [2.05, 4.69) is 10.7 Å². The Labute approximate surface area is 162 Å². The summed E-state index contributed by atoms with van der Waals surface area (Å²) in [6, 6.07) is 7.83. The van der Waals surface area contributed by atoms with Crippen LogP contribution in [0.2, 0.25) is 5.02 Å². The minimum absolute atomic E-state index is 0.242. The maximum atomic E-state index is 6.01. The SMILES string of the molecule is S=C1NC(C2CCCCCCCCCCC2)NN1c1ccc(Cl)cc1. The second-order valence-electron chi connectivity index (χ2n) is 7.39. The third kappa shape index (κ3) is 5.57. The Balaban J connectivity index is 1.60. The van der Waals surface area contributed by atoms with E-state index < -0.39 is 0 Å². The number of nitrogens with one attached hydrogen (secondary N) is 2. The van der Waals surface area contributed by atoms with Gasteiger partial charge in [-0.2, -0.15) is 0 Å². The fraction of sp³-hybridized carbons (Fsp3) is 0.650. The number of anilines is 1. The van der Waals surface area contributed by atoms with Crippen LogP contribution in [-0.4, -0.2) is 11.3 Å². The van der Waals surface area contributed by atoms with E-state index in [0.717, 1.165) is 15.8 Å². The van der Waals surface area contributed by atoms with Gasteiger partial charge >= 0.3 is 0 Å². The smallest absolute Gasteiger partial charge is 0.189 e. The highest BCUT2D eigenvalue weighted by Gasteiger charge is 2.31. The van der Waals surface area contributed by atoms with Crippen LogP contribution in [-0.2, 0) is 0 Å². The van der Waals surface area contributed by atoms with Crippen LogP contribution in [0.15, 0.2) is 24.3 Å². The number of halogens is 1. The molecule has 0 aromatic heterocycles. The summed E-state index contributed by atoms with van der Waals surface area (Å²) in [6.45, 7) is 0. The first-order valence-corrected chi connectivity index (χ1v) is 10.6. The van der Waals surface area contributed by atoms with Gasteiger partial charge in [0.25, 0.3) is 0 Å². The van der Waals surface area contributed by atoms with E-state index in [0.29, 0.717) is 5.92 Å². The Morgan fingerprint density at radius 1 is 0.840 bits per heavy atom. The van der Waals surface area contributed by atoms with E-state index in [-0.39, 0.29) is 6.17 Å². The molecule has 1 heterocycles.